The van der Waals surface area contributed by atoms with Gasteiger partial charge in [0.15, 0.2) is 0 Å². The van der Waals surface area contributed by atoms with Gasteiger partial charge in [0.1, 0.15) is 5.76 Å². The highest BCUT2D eigenvalue weighted by Gasteiger charge is 2.29. The Balaban J connectivity index is 1.62. The standard InChI is InChI=1S/C27H28N2O4/c1-17(2)32-27(31)25-18(3)23-21(15-10-16-22(23)33-25)28-29-26(30)24(19-11-6-4-7-12-19)20-13-8-5-9-14-20/h4-9,11-14,17,24H,10,15-16H2,1-3H3,(H,29,30)/b28-21+. The van der Waals surface area contributed by atoms with E-state index in [1.54, 1.807) is 13.8 Å². The number of esters is 1. The van der Waals surface area contributed by atoms with Crippen LogP contribution in [0.2, 0.25) is 0 Å². The first-order valence-corrected chi connectivity index (χ1v) is 11.3. The second-order valence-electron chi connectivity index (χ2n) is 8.45. The molecule has 0 atom stereocenters. The zero-order chi connectivity index (χ0) is 23.4. The summed E-state index contributed by atoms with van der Waals surface area (Å²) in [5, 5.41) is 4.50. The SMILES string of the molecule is Cc1c(C(=O)OC(C)C)oc2c1/C(=N/NC(=O)C(c1ccccc1)c1ccccc1)CCC2. The molecule has 0 radical (unpaired) electrons. The number of carbonyl (C=O) groups excluding carboxylic acids is 2. The summed E-state index contributed by atoms with van der Waals surface area (Å²) in [6.07, 6.45) is 2.00. The van der Waals surface area contributed by atoms with Crippen LogP contribution in [-0.4, -0.2) is 23.7 Å². The number of furan rings is 1. The van der Waals surface area contributed by atoms with E-state index in [-0.39, 0.29) is 17.8 Å². The second kappa shape index (κ2) is 9.86. The summed E-state index contributed by atoms with van der Waals surface area (Å²) in [4.78, 5) is 25.7. The first-order chi connectivity index (χ1) is 16.0. The van der Waals surface area contributed by atoms with E-state index in [0.29, 0.717) is 23.5 Å². The summed E-state index contributed by atoms with van der Waals surface area (Å²) in [5.41, 5.74) is 6.78. The molecule has 6 nitrogen and oxygen atoms in total. The van der Waals surface area contributed by atoms with E-state index in [0.717, 1.165) is 29.5 Å². The molecule has 170 valence electrons. The van der Waals surface area contributed by atoms with Crippen LogP contribution in [0.25, 0.3) is 0 Å². The Labute approximate surface area is 193 Å². The van der Waals surface area contributed by atoms with Crippen molar-refractivity contribution in [1.82, 2.24) is 5.43 Å². The van der Waals surface area contributed by atoms with Gasteiger partial charge in [-0.15, -0.1) is 0 Å². The number of nitrogens with zero attached hydrogens (tertiary/aromatic N) is 1. The fourth-order valence-corrected chi connectivity index (χ4v) is 4.22. The molecule has 1 aliphatic carbocycles. The van der Waals surface area contributed by atoms with Gasteiger partial charge in [-0.05, 0) is 44.7 Å². The normalized spacial score (nSPS) is 14.4. The number of aryl methyl sites for hydroxylation is 1. The van der Waals surface area contributed by atoms with E-state index in [2.05, 4.69) is 10.5 Å². The predicted octanol–water partition coefficient (Wildman–Crippen LogP) is 5.14. The average molecular weight is 445 g/mol. The van der Waals surface area contributed by atoms with Crippen LogP contribution in [0.1, 0.15) is 71.2 Å². The molecule has 33 heavy (non-hydrogen) atoms. The van der Waals surface area contributed by atoms with Gasteiger partial charge < -0.3 is 9.15 Å². The zero-order valence-electron chi connectivity index (χ0n) is 19.1. The summed E-state index contributed by atoms with van der Waals surface area (Å²) >= 11 is 0. The molecule has 1 aliphatic rings. The minimum absolute atomic E-state index is 0.209. The highest BCUT2D eigenvalue weighted by atomic mass is 16.6. The smallest absolute Gasteiger partial charge is 0.374 e. The molecule has 0 saturated heterocycles. The molecule has 0 spiro atoms. The van der Waals surface area contributed by atoms with Crippen LogP contribution < -0.4 is 5.43 Å². The molecular formula is C27H28N2O4. The molecule has 6 heteroatoms. The van der Waals surface area contributed by atoms with Crippen molar-refractivity contribution in [3.63, 3.8) is 0 Å². The van der Waals surface area contributed by atoms with E-state index in [1.807, 2.05) is 67.6 Å². The lowest BCUT2D eigenvalue weighted by atomic mass is 9.91. The lowest BCUT2D eigenvalue weighted by molar-refractivity contribution is -0.121. The second-order valence-corrected chi connectivity index (χ2v) is 8.45. The molecule has 2 aromatic carbocycles. The van der Waals surface area contributed by atoms with Gasteiger partial charge >= 0.3 is 5.97 Å². The van der Waals surface area contributed by atoms with Crippen LogP contribution in [0.4, 0.5) is 0 Å². The number of benzene rings is 2. The van der Waals surface area contributed by atoms with Crippen LogP contribution in [-0.2, 0) is 16.0 Å². The number of hydrazone groups is 1. The minimum atomic E-state index is -0.484. The highest BCUT2D eigenvalue weighted by Crippen LogP contribution is 2.31. The largest absolute Gasteiger partial charge is 0.457 e. The van der Waals surface area contributed by atoms with Crippen LogP contribution in [0.15, 0.2) is 70.2 Å². The monoisotopic (exact) mass is 444 g/mol. The maximum Gasteiger partial charge on any atom is 0.374 e. The number of rotatable bonds is 6. The number of nitrogens with one attached hydrogen (secondary N) is 1. The van der Waals surface area contributed by atoms with Crippen molar-refractivity contribution in [1.29, 1.82) is 0 Å². The van der Waals surface area contributed by atoms with Gasteiger partial charge in [0.25, 0.3) is 5.91 Å². The molecule has 0 saturated carbocycles. The molecule has 0 unspecified atom stereocenters. The molecule has 0 aliphatic heterocycles. The van der Waals surface area contributed by atoms with Gasteiger partial charge in [-0.3, -0.25) is 4.79 Å². The number of amides is 1. The van der Waals surface area contributed by atoms with Crippen molar-refractivity contribution >= 4 is 17.6 Å². The van der Waals surface area contributed by atoms with Crippen molar-refractivity contribution < 1.29 is 18.7 Å². The molecule has 0 fully saturated rings. The number of hydrogen-bond donors (Lipinski definition) is 1. The molecule has 4 rings (SSSR count). The number of ether oxygens (including phenoxy) is 1. The summed E-state index contributed by atoms with van der Waals surface area (Å²) in [7, 11) is 0. The lowest BCUT2D eigenvalue weighted by Gasteiger charge is -2.18. The Bertz CT molecular complexity index is 1120. The van der Waals surface area contributed by atoms with Crippen molar-refractivity contribution in [3.05, 3.63) is 94.4 Å². The fourth-order valence-electron chi connectivity index (χ4n) is 4.22. The Hall–Kier alpha value is -3.67. The van der Waals surface area contributed by atoms with Gasteiger partial charge in [0, 0.05) is 17.5 Å². The zero-order valence-corrected chi connectivity index (χ0v) is 19.1. The summed E-state index contributed by atoms with van der Waals surface area (Å²) in [6, 6.07) is 19.3. The van der Waals surface area contributed by atoms with E-state index >= 15 is 0 Å². The summed E-state index contributed by atoms with van der Waals surface area (Å²) in [5.74, 6) is -0.255. The molecule has 0 bridgehead atoms. The topological polar surface area (TPSA) is 80.9 Å². The van der Waals surface area contributed by atoms with Gasteiger partial charge in [-0.2, -0.15) is 5.10 Å². The third-order valence-electron chi connectivity index (χ3n) is 5.68. The van der Waals surface area contributed by atoms with Gasteiger partial charge in [0.2, 0.25) is 5.76 Å². The molecule has 1 heterocycles. The van der Waals surface area contributed by atoms with E-state index < -0.39 is 11.9 Å². The molecule has 1 N–H and O–H groups in total. The van der Waals surface area contributed by atoms with E-state index in [9.17, 15) is 9.59 Å². The third-order valence-corrected chi connectivity index (χ3v) is 5.68. The van der Waals surface area contributed by atoms with Crippen molar-refractivity contribution in [2.75, 3.05) is 0 Å². The van der Waals surface area contributed by atoms with Crippen molar-refractivity contribution in [3.8, 4) is 0 Å². The average Bonchev–Trinajstić information content (AvgIpc) is 3.16. The van der Waals surface area contributed by atoms with Crippen molar-refractivity contribution in [2.24, 2.45) is 5.10 Å². The summed E-state index contributed by atoms with van der Waals surface area (Å²) < 4.78 is 11.2. The number of hydrogen-bond acceptors (Lipinski definition) is 5. The number of carbonyl (C=O) groups is 2. The molecular weight excluding hydrogens is 416 g/mol. The quantitative estimate of drug-likeness (QED) is 0.422. The maximum atomic E-state index is 13.3. The molecule has 3 aromatic rings. The Morgan fingerprint density at radius 1 is 0.970 bits per heavy atom. The Kier molecular flexibility index (Phi) is 6.73. The first kappa shape index (κ1) is 22.5. The predicted molar refractivity (Wildman–Crippen MR) is 126 cm³/mol. The molecule has 1 amide bonds. The van der Waals surface area contributed by atoms with Gasteiger partial charge in [-0.25, -0.2) is 10.2 Å². The first-order valence-electron chi connectivity index (χ1n) is 11.3. The highest BCUT2D eigenvalue weighted by molar-refractivity contribution is 6.06. The minimum Gasteiger partial charge on any atom is -0.457 e. The van der Waals surface area contributed by atoms with Crippen LogP contribution in [0.3, 0.4) is 0 Å². The number of fused-ring (bicyclic) bond motifs is 1. The Morgan fingerprint density at radius 2 is 1.58 bits per heavy atom. The van der Waals surface area contributed by atoms with Crippen molar-refractivity contribution in [2.45, 2.75) is 52.1 Å². The van der Waals surface area contributed by atoms with E-state index in [1.165, 1.54) is 0 Å². The summed E-state index contributed by atoms with van der Waals surface area (Å²) in [6.45, 7) is 5.43. The van der Waals surface area contributed by atoms with E-state index in [4.69, 9.17) is 9.15 Å². The maximum absolute atomic E-state index is 13.3. The van der Waals surface area contributed by atoms with Crippen LogP contribution in [0.5, 0.6) is 0 Å². The molecule has 1 aromatic heterocycles. The van der Waals surface area contributed by atoms with Crippen LogP contribution in [0, 0.1) is 6.92 Å². The Morgan fingerprint density at radius 3 is 2.15 bits per heavy atom. The van der Waals surface area contributed by atoms with Gasteiger partial charge in [0.05, 0.1) is 17.7 Å². The lowest BCUT2D eigenvalue weighted by Crippen LogP contribution is -2.28. The van der Waals surface area contributed by atoms with Crippen LogP contribution >= 0.6 is 0 Å². The third kappa shape index (κ3) is 4.90. The fraction of sp³-hybridized carbons (Fsp3) is 0.296. The van der Waals surface area contributed by atoms with Gasteiger partial charge in [-0.1, -0.05) is 60.7 Å².